The van der Waals surface area contributed by atoms with Gasteiger partial charge in [-0.3, -0.25) is 4.98 Å². The first-order valence-corrected chi connectivity index (χ1v) is 7.08. The molecule has 21 heavy (non-hydrogen) atoms. The van der Waals surface area contributed by atoms with Gasteiger partial charge in [-0.15, -0.1) is 11.8 Å². The summed E-state index contributed by atoms with van der Waals surface area (Å²) in [5.41, 5.74) is 1.51. The van der Waals surface area contributed by atoms with E-state index in [9.17, 15) is 9.59 Å². The average Bonchev–Trinajstić information content (AvgIpc) is 2.53. The first kappa shape index (κ1) is 15.1. The SMILES string of the molecule is COC(=O)c1ccc(CSc2ccc(C(=O)O)cc2)nc1. The number of esters is 1. The highest BCUT2D eigenvalue weighted by atomic mass is 32.2. The zero-order valence-corrected chi connectivity index (χ0v) is 12.1. The fourth-order valence-corrected chi connectivity index (χ4v) is 2.41. The predicted molar refractivity (Wildman–Crippen MR) is 78.5 cm³/mol. The molecule has 0 saturated carbocycles. The zero-order valence-electron chi connectivity index (χ0n) is 11.3. The summed E-state index contributed by atoms with van der Waals surface area (Å²) < 4.78 is 4.60. The molecule has 0 bridgehead atoms. The molecule has 0 amide bonds. The number of carboxylic acids is 1. The summed E-state index contributed by atoms with van der Waals surface area (Å²) in [5.74, 6) is -0.717. The highest BCUT2D eigenvalue weighted by molar-refractivity contribution is 7.98. The largest absolute Gasteiger partial charge is 0.478 e. The lowest BCUT2D eigenvalue weighted by Gasteiger charge is -2.03. The molecule has 0 atom stereocenters. The Balaban J connectivity index is 1.96. The number of carbonyl (C=O) groups is 2. The summed E-state index contributed by atoms with van der Waals surface area (Å²) in [6.07, 6.45) is 1.48. The molecule has 1 aromatic heterocycles. The van der Waals surface area contributed by atoms with Crippen molar-refractivity contribution in [2.24, 2.45) is 0 Å². The Kier molecular flexibility index (Phi) is 4.94. The molecule has 1 N–H and O–H groups in total. The van der Waals surface area contributed by atoms with Crippen LogP contribution < -0.4 is 0 Å². The number of carbonyl (C=O) groups excluding carboxylic acids is 1. The second kappa shape index (κ2) is 6.90. The molecule has 0 fully saturated rings. The minimum absolute atomic E-state index is 0.264. The van der Waals surface area contributed by atoms with Crippen LogP contribution >= 0.6 is 11.8 Å². The van der Waals surface area contributed by atoms with Gasteiger partial charge in [0.15, 0.2) is 0 Å². The maximum atomic E-state index is 11.3. The van der Waals surface area contributed by atoms with Gasteiger partial charge in [0.25, 0.3) is 0 Å². The van der Waals surface area contributed by atoms with Gasteiger partial charge in [0.05, 0.1) is 23.9 Å². The molecule has 108 valence electrons. The van der Waals surface area contributed by atoms with Gasteiger partial charge < -0.3 is 9.84 Å². The minimum atomic E-state index is -0.938. The van der Waals surface area contributed by atoms with E-state index in [4.69, 9.17) is 5.11 Å². The Labute approximate surface area is 126 Å². The number of hydrogen-bond acceptors (Lipinski definition) is 5. The predicted octanol–water partition coefficient (Wildman–Crippen LogP) is 2.86. The monoisotopic (exact) mass is 303 g/mol. The van der Waals surface area contributed by atoms with Gasteiger partial charge in [-0.05, 0) is 36.4 Å². The van der Waals surface area contributed by atoms with Crippen LogP contribution in [0.2, 0.25) is 0 Å². The highest BCUT2D eigenvalue weighted by Gasteiger charge is 2.06. The highest BCUT2D eigenvalue weighted by Crippen LogP contribution is 2.22. The smallest absolute Gasteiger partial charge is 0.339 e. The van der Waals surface area contributed by atoms with Gasteiger partial charge in [-0.1, -0.05) is 0 Å². The van der Waals surface area contributed by atoms with Gasteiger partial charge in [0, 0.05) is 16.8 Å². The Bertz CT molecular complexity index is 638. The number of benzene rings is 1. The normalized spacial score (nSPS) is 10.1. The van der Waals surface area contributed by atoms with Crippen LogP contribution in [0.4, 0.5) is 0 Å². The molecular formula is C15H13NO4S. The Hall–Kier alpha value is -2.34. The number of nitrogens with zero attached hydrogens (tertiary/aromatic N) is 1. The fourth-order valence-electron chi connectivity index (χ4n) is 1.60. The molecule has 0 unspecified atom stereocenters. The molecule has 2 rings (SSSR count). The molecule has 5 nitrogen and oxygen atoms in total. The van der Waals surface area contributed by atoms with Crippen LogP contribution in [0.3, 0.4) is 0 Å². The molecule has 0 aliphatic rings. The molecule has 2 aromatic rings. The molecule has 1 heterocycles. The third-order valence-corrected chi connectivity index (χ3v) is 3.78. The van der Waals surface area contributed by atoms with Crippen LogP contribution in [0.1, 0.15) is 26.4 Å². The lowest BCUT2D eigenvalue weighted by atomic mass is 10.2. The van der Waals surface area contributed by atoms with Gasteiger partial charge in [-0.25, -0.2) is 9.59 Å². The number of thioether (sulfide) groups is 1. The minimum Gasteiger partial charge on any atom is -0.478 e. The topological polar surface area (TPSA) is 76.5 Å². The van der Waals surface area contributed by atoms with Crippen LogP contribution in [0.5, 0.6) is 0 Å². The van der Waals surface area contributed by atoms with Crippen LogP contribution in [0.25, 0.3) is 0 Å². The van der Waals surface area contributed by atoms with Crippen molar-refractivity contribution in [1.82, 2.24) is 4.98 Å². The lowest BCUT2D eigenvalue weighted by Crippen LogP contribution is -2.02. The van der Waals surface area contributed by atoms with Gasteiger partial charge >= 0.3 is 11.9 Å². The molecule has 0 aliphatic heterocycles. The molecule has 0 aliphatic carbocycles. The number of ether oxygens (including phenoxy) is 1. The van der Waals surface area contributed by atoms with E-state index in [1.54, 1.807) is 48.2 Å². The third kappa shape index (κ3) is 4.06. The van der Waals surface area contributed by atoms with E-state index in [0.29, 0.717) is 11.3 Å². The van der Waals surface area contributed by atoms with Crippen LogP contribution in [0, 0.1) is 0 Å². The van der Waals surface area contributed by atoms with Crippen molar-refractivity contribution in [3.63, 3.8) is 0 Å². The maximum absolute atomic E-state index is 11.3. The molecule has 6 heteroatoms. The van der Waals surface area contributed by atoms with E-state index in [1.165, 1.54) is 13.3 Å². The summed E-state index contributed by atoms with van der Waals surface area (Å²) >= 11 is 1.54. The summed E-state index contributed by atoms with van der Waals surface area (Å²) in [4.78, 5) is 27.2. The fraction of sp³-hybridized carbons (Fsp3) is 0.133. The van der Waals surface area contributed by atoms with Crippen molar-refractivity contribution < 1.29 is 19.4 Å². The van der Waals surface area contributed by atoms with E-state index in [2.05, 4.69) is 9.72 Å². The molecule has 0 radical (unpaired) electrons. The Morgan fingerprint density at radius 1 is 1.14 bits per heavy atom. The molecular weight excluding hydrogens is 290 g/mol. The van der Waals surface area contributed by atoms with Gasteiger partial charge in [0.2, 0.25) is 0 Å². The van der Waals surface area contributed by atoms with Crippen molar-refractivity contribution in [3.8, 4) is 0 Å². The number of pyridine rings is 1. The van der Waals surface area contributed by atoms with E-state index < -0.39 is 11.9 Å². The van der Waals surface area contributed by atoms with Crippen molar-refractivity contribution in [3.05, 3.63) is 59.4 Å². The van der Waals surface area contributed by atoms with Gasteiger partial charge in [-0.2, -0.15) is 0 Å². The van der Waals surface area contributed by atoms with Crippen LogP contribution in [0.15, 0.2) is 47.5 Å². The van der Waals surface area contributed by atoms with Gasteiger partial charge in [0.1, 0.15) is 0 Å². The summed E-state index contributed by atoms with van der Waals surface area (Å²) in [7, 11) is 1.33. The number of methoxy groups -OCH3 is 1. The van der Waals surface area contributed by atoms with E-state index in [-0.39, 0.29) is 5.56 Å². The molecule has 0 spiro atoms. The third-order valence-electron chi connectivity index (χ3n) is 2.73. The number of aromatic carboxylic acids is 1. The van der Waals surface area contributed by atoms with E-state index >= 15 is 0 Å². The lowest BCUT2D eigenvalue weighted by molar-refractivity contribution is 0.0599. The van der Waals surface area contributed by atoms with Crippen molar-refractivity contribution in [2.75, 3.05) is 7.11 Å². The number of hydrogen-bond donors (Lipinski definition) is 1. The first-order chi connectivity index (χ1) is 10.1. The number of aromatic nitrogens is 1. The second-order valence-electron chi connectivity index (χ2n) is 4.15. The first-order valence-electron chi connectivity index (χ1n) is 6.09. The van der Waals surface area contributed by atoms with E-state index in [1.807, 2.05) is 0 Å². The maximum Gasteiger partial charge on any atom is 0.339 e. The Morgan fingerprint density at radius 2 is 1.81 bits per heavy atom. The molecule has 1 aromatic carbocycles. The standard InChI is InChI=1S/C15H13NO4S/c1-20-15(19)11-2-5-12(16-8-11)9-21-13-6-3-10(4-7-13)14(17)18/h2-8H,9H2,1H3,(H,17,18). The zero-order chi connectivity index (χ0) is 15.2. The van der Waals surface area contributed by atoms with Crippen molar-refractivity contribution in [2.45, 2.75) is 10.6 Å². The van der Waals surface area contributed by atoms with E-state index in [0.717, 1.165) is 10.6 Å². The molecule has 0 saturated heterocycles. The Morgan fingerprint density at radius 3 is 2.33 bits per heavy atom. The van der Waals surface area contributed by atoms with Crippen molar-refractivity contribution >= 4 is 23.7 Å². The number of rotatable bonds is 5. The van der Waals surface area contributed by atoms with Crippen LogP contribution in [-0.2, 0) is 10.5 Å². The summed E-state index contributed by atoms with van der Waals surface area (Å²) in [5, 5.41) is 8.82. The number of carboxylic acid groups (broad SMARTS) is 1. The summed E-state index contributed by atoms with van der Waals surface area (Å²) in [6.45, 7) is 0. The summed E-state index contributed by atoms with van der Waals surface area (Å²) in [6, 6.07) is 10.1. The quantitative estimate of drug-likeness (QED) is 0.676. The van der Waals surface area contributed by atoms with Crippen molar-refractivity contribution in [1.29, 1.82) is 0 Å². The second-order valence-corrected chi connectivity index (χ2v) is 5.20. The van der Waals surface area contributed by atoms with Crippen LogP contribution in [-0.4, -0.2) is 29.1 Å². The average molecular weight is 303 g/mol.